The fraction of sp³-hybridized carbons (Fsp3) is 0.385. The first-order valence-corrected chi connectivity index (χ1v) is 13.4. The maximum atomic E-state index is 13.2. The Morgan fingerprint density at radius 2 is 1.39 bits per heavy atom. The zero-order chi connectivity index (χ0) is 28.4. The molecule has 2 amide bonds. The Bertz CT molecular complexity index is 1350. The minimum absolute atomic E-state index is 0.121. The van der Waals surface area contributed by atoms with Crippen LogP contribution in [0, 0.1) is 27.7 Å². The van der Waals surface area contributed by atoms with Crippen LogP contribution in [0.1, 0.15) is 28.7 Å². The van der Waals surface area contributed by atoms with Gasteiger partial charge in [-0.25, -0.2) is 22.9 Å². The molecule has 2 heterocycles. The van der Waals surface area contributed by atoms with Crippen molar-refractivity contribution >= 4 is 39.5 Å². The molecular weight excluding hydrogens is 514 g/mol. The molecule has 11 nitrogen and oxygen atoms in total. The predicted molar refractivity (Wildman–Crippen MR) is 138 cm³/mol. The largest absolute Gasteiger partial charge is 0.473 e. The number of hydrogen-bond donors (Lipinski definition) is 2. The van der Waals surface area contributed by atoms with Crippen molar-refractivity contribution in [2.45, 2.75) is 45.1 Å². The molecule has 2 saturated heterocycles. The van der Waals surface area contributed by atoms with Gasteiger partial charge in [-0.3, -0.25) is 14.5 Å². The van der Waals surface area contributed by atoms with Gasteiger partial charge in [0.25, 0.3) is 5.91 Å². The highest BCUT2D eigenvalue weighted by Crippen LogP contribution is 2.32. The number of carbonyl (C=O) groups is 4. The fourth-order valence-corrected chi connectivity index (χ4v) is 6.41. The van der Waals surface area contributed by atoms with Crippen molar-refractivity contribution in [1.29, 1.82) is 0 Å². The Hall–Kier alpha value is -3.61. The summed E-state index contributed by atoms with van der Waals surface area (Å²) in [5.74, 6) is -4.08. The van der Waals surface area contributed by atoms with Gasteiger partial charge in [0.1, 0.15) is 0 Å². The van der Waals surface area contributed by atoms with Gasteiger partial charge in [0, 0.05) is 26.2 Å². The van der Waals surface area contributed by atoms with Gasteiger partial charge in [-0.1, -0.05) is 30.3 Å². The number of benzene rings is 2. The first-order chi connectivity index (χ1) is 17.7. The summed E-state index contributed by atoms with van der Waals surface area (Å²) in [6, 6.07) is 10.6. The van der Waals surface area contributed by atoms with Crippen molar-refractivity contribution < 1.29 is 37.8 Å². The van der Waals surface area contributed by atoms with Crippen LogP contribution in [-0.4, -0.2) is 83.8 Å². The Morgan fingerprint density at radius 3 is 1.92 bits per heavy atom. The highest BCUT2D eigenvalue weighted by atomic mass is 32.2. The van der Waals surface area contributed by atoms with Gasteiger partial charge in [0.05, 0.1) is 23.0 Å². The van der Waals surface area contributed by atoms with E-state index < -0.39 is 28.0 Å². The summed E-state index contributed by atoms with van der Waals surface area (Å²) in [4.78, 5) is 47.8. The Morgan fingerprint density at radius 1 is 0.842 bits per heavy atom. The molecule has 204 valence electrons. The summed E-state index contributed by atoms with van der Waals surface area (Å²) in [5, 5.41) is 14.8. The zero-order valence-corrected chi connectivity index (χ0v) is 22.5. The third kappa shape index (κ3) is 5.93. The molecule has 1 unspecified atom stereocenters. The van der Waals surface area contributed by atoms with Crippen molar-refractivity contribution in [2.24, 2.45) is 0 Å². The molecule has 4 rings (SSSR count). The smallest absolute Gasteiger partial charge is 0.414 e. The molecule has 12 heteroatoms. The number of carboxylic acid groups (broad SMARTS) is 2. The number of piperazine rings is 1. The lowest BCUT2D eigenvalue weighted by atomic mass is 10.1. The maximum Gasteiger partial charge on any atom is 0.414 e. The molecule has 0 aromatic heterocycles. The molecule has 2 aromatic carbocycles. The molecule has 0 spiro atoms. The van der Waals surface area contributed by atoms with E-state index in [1.807, 2.05) is 56.0 Å². The quantitative estimate of drug-likeness (QED) is 0.432. The fourth-order valence-electron chi connectivity index (χ4n) is 4.67. The summed E-state index contributed by atoms with van der Waals surface area (Å²) in [6.45, 7) is 8.87. The normalized spacial score (nSPS) is 18.7. The van der Waals surface area contributed by atoms with E-state index in [4.69, 9.17) is 19.8 Å². The van der Waals surface area contributed by atoms with Crippen LogP contribution in [0.5, 0.6) is 0 Å². The Kier molecular flexibility index (Phi) is 8.70. The molecule has 2 aromatic rings. The van der Waals surface area contributed by atoms with E-state index >= 15 is 0 Å². The van der Waals surface area contributed by atoms with E-state index in [2.05, 4.69) is 0 Å². The van der Waals surface area contributed by atoms with Gasteiger partial charge >= 0.3 is 11.9 Å². The van der Waals surface area contributed by atoms with Crippen LogP contribution in [-0.2, 0) is 29.2 Å². The van der Waals surface area contributed by atoms with Gasteiger partial charge in [-0.2, -0.15) is 4.31 Å². The summed E-state index contributed by atoms with van der Waals surface area (Å²) in [6.07, 6.45) is 0.121. The van der Waals surface area contributed by atoms with E-state index in [0.29, 0.717) is 23.7 Å². The number of amides is 2. The third-order valence-corrected chi connectivity index (χ3v) is 8.68. The zero-order valence-electron chi connectivity index (χ0n) is 21.7. The van der Waals surface area contributed by atoms with Gasteiger partial charge in [0.15, 0.2) is 0 Å². The third-order valence-electron chi connectivity index (χ3n) is 6.64. The van der Waals surface area contributed by atoms with E-state index in [9.17, 15) is 18.0 Å². The van der Waals surface area contributed by atoms with Crippen molar-refractivity contribution in [1.82, 2.24) is 9.21 Å². The summed E-state index contributed by atoms with van der Waals surface area (Å²) in [7, 11) is -3.61. The van der Waals surface area contributed by atoms with Crippen LogP contribution in [0.15, 0.2) is 41.3 Å². The Labute approximate surface area is 221 Å². The second-order valence-corrected chi connectivity index (χ2v) is 11.3. The summed E-state index contributed by atoms with van der Waals surface area (Å²) >= 11 is 0. The van der Waals surface area contributed by atoms with Crippen LogP contribution in [0.2, 0.25) is 0 Å². The van der Waals surface area contributed by atoms with Crippen LogP contribution < -0.4 is 4.90 Å². The second-order valence-electron chi connectivity index (χ2n) is 9.35. The molecule has 0 saturated carbocycles. The van der Waals surface area contributed by atoms with E-state index in [1.165, 1.54) is 9.21 Å². The minimum Gasteiger partial charge on any atom is -0.473 e. The monoisotopic (exact) mass is 545 g/mol. The van der Waals surface area contributed by atoms with Crippen molar-refractivity contribution in [3.05, 3.63) is 58.7 Å². The lowest BCUT2D eigenvalue weighted by Crippen LogP contribution is -2.53. The number of nitrogens with zero attached hydrogens (tertiary/aromatic N) is 3. The number of imide groups is 1. The molecule has 2 aliphatic heterocycles. The summed E-state index contributed by atoms with van der Waals surface area (Å²) < 4.78 is 27.9. The van der Waals surface area contributed by atoms with Gasteiger partial charge < -0.3 is 10.2 Å². The average molecular weight is 546 g/mol. The standard InChI is InChI=1S/C24H29N3O4S.C2H2O4/c1-16-8-9-17(2)21(14-16)32(30,31)26-12-10-25(11-13-26)20-15-22(28)27(24(20)29)23-18(3)6-5-7-19(23)4;3-1(4)2(5)6/h5-9,14,20H,10-13,15H2,1-4H3;(H,3,4)(H,5,6). The van der Waals surface area contributed by atoms with Crippen molar-refractivity contribution in [2.75, 3.05) is 31.1 Å². The number of hydrogen-bond acceptors (Lipinski definition) is 7. The lowest BCUT2D eigenvalue weighted by molar-refractivity contribution is -0.159. The van der Waals surface area contributed by atoms with Crippen LogP contribution >= 0.6 is 0 Å². The minimum atomic E-state index is -3.61. The number of carboxylic acids is 2. The Balaban J connectivity index is 0.000000599. The highest BCUT2D eigenvalue weighted by molar-refractivity contribution is 7.89. The molecule has 2 fully saturated rings. The highest BCUT2D eigenvalue weighted by Gasteiger charge is 2.45. The molecule has 38 heavy (non-hydrogen) atoms. The average Bonchev–Trinajstić information content (AvgIpc) is 3.14. The summed E-state index contributed by atoms with van der Waals surface area (Å²) in [5.41, 5.74) is 4.06. The molecule has 2 aliphatic rings. The molecule has 0 radical (unpaired) electrons. The number of sulfonamides is 1. The number of anilines is 1. The second kappa shape index (κ2) is 11.4. The van der Waals surface area contributed by atoms with Gasteiger partial charge in [-0.15, -0.1) is 0 Å². The number of rotatable bonds is 4. The van der Waals surface area contributed by atoms with E-state index in [-0.39, 0.29) is 31.3 Å². The predicted octanol–water partition coefficient (Wildman–Crippen LogP) is 1.71. The molecule has 0 bridgehead atoms. The van der Waals surface area contributed by atoms with Crippen LogP contribution in [0.25, 0.3) is 0 Å². The number of para-hydroxylation sites is 1. The first-order valence-electron chi connectivity index (χ1n) is 12.0. The SMILES string of the molecule is Cc1ccc(C)c(S(=O)(=O)N2CCN(C3CC(=O)N(c4c(C)cccc4C)C3=O)CC2)c1.O=C(O)C(=O)O. The van der Waals surface area contributed by atoms with Gasteiger partial charge in [-0.05, 0) is 56.0 Å². The van der Waals surface area contributed by atoms with Crippen LogP contribution in [0.4, 0.5) is 5.69 Å². The molecular formula is C26H31N3O8S. The first kappa shape index (κ1) is 29.0. The number of carbonyl (C=O) groups excluding carboxylic acids is 2. The topological polar surface area (TPSA) is 153 Å². The van der Waals surface area contributed by atoms with Crippen molar-refractivity contribution in [3.8, 4) is 0 Å². The van der Waals surface area contributed by atoms with Crippen LogP contribution in [0.3, 0.4) is 0 Å². The molecule has 1 atom stereocenters. The van der Waals surface area contributed by atoms with Crippen molar-refractivity contribution in [3.63, 3.8) is 0 Å². The number of aliphatic carboxylic acids is 2. The van der Waals surface area contributed by atoms with E-state index in [1.54, 1.807) is 13.0 Å². The van der Waals surface area contributed by atoms with Gasteiger partial charge in [0.2, 0.25) is 15.9 Å². The molecule has 0 aliphatic carbocycles. The molecule has 2 N–H and O–H groups in total. The van der Waals surface area contributed by atoms with E-state index in [0.717, 1.165) is 22.3 Å². The lowest BCUT2D eigenvalue weighted by Gasteiger charge is -2.36. The number of aryl methyl sites for hydroxylation is 4. The maximum absolute atomic E-state index is 13.2.